The summed E-state index contributed by atoms with van der Waals surface area (Å²) in [7, 11) is 0. The molecule has 0 aliphatic rings. The van der Waals surface area contributed by atoms with Gasteiger partial charge in [0.1, 0.15) is 0 Å². The van der Waals surface area contributed by atoms with E-state index in [-0.39, 0.29) is 19.8 Å². The zero-order chi connectivity index (χ0) is 26.6. The first-order valence-electron chi connectivity index (χ1n) is 13.5. The third-order valence-corrected chi connectivity index (χ3v) is 5.55. The van der Waals surface area contributed by atoms with Crippen LogP contribution in [0.1, 0.15) is 104 Å². The Morgan fingerprint density at radius 2 is 1.17 bits per heavy atom. The van der Waals surface area contributed by atoms with E-state index in [2.05, 4.69) is 19.1 Å². The van der Waals surface area contributed by atoms with Crippen LogP contribution >= 0.6 is 0 Å². The first-order chi connectivity index (χ1) is 16.9. The Morgan fingerprint density at radius 3 is 1.60 bits per heavy atom. The summed E-state index contributed by atoms with van der Waals surface area (Å²) in [6.45, 7) is 5.38. The lowest BCUT2D eigenvalue weighted by Gasteiger charge is -2.17. The lowest BCUT2D eigenvalue weighted by atomic mass is 10.1. The Balaban J connectivity index is 0. The molecule has 0 aromatic heterocycles. The van der Waals surface area contributed by atoms with Crippen molar-refractivity contribution in [3.63, 3.8) is 0 Å². The Hall–Kier alpha value is -1.48. The van der Waals surface area contributed by atoms with Crippen LogP contribution in [0.4, 0.5) is 0 Å². The molecule has 0 spiro atoms. The molecule has 0 bridgehead atoms. The van der Waals surface area contributed by atoms with Crippen molar-refractivity contribution in [3.05, 3.63) is 12.2 Å². The van der Waals surface area contributed by atoms with Crippen molar-refractivity contribution in [1.29, 1.82) is 0 Å². The first-order valence-corrected chi connectivity index (χ1v) is 13.5. The number of carboxylic acids is 1. The van der Waals surface area contributed by atoms with Crippen molar-refractivity contribution in [1.82, 2.24) is 4.90 Å². The molecule has 4 N–H and O–H groups in total. The van der Waals surface area contributed by atoms with E-state index in [9.17, 15) is 9.59 Å². The number of allylic oxidation sites excluding steroid dienone is 2. The predicted molar refractivity (Wildman–Crippen MR) is 140 cm³/mol. The number of rotatable bonds is 23. The minimum absolute atomic E-state index is 0.0694. The third kappa shape index (κ3) is 28.6. The molecule has 0 rings (SSSR count). The van der Waals surface area contributed by atoms with Gasteiger partial charge in [-0.15, -0.1) is 0 Å². The standard InChI is InChI=1S/C21H38O4.C6H15NO3/c1-3-4-5-6-7-8-9-10-11-12-13-14-15-16-17-18-20(22)25-19(2)21(23)24;8-4-1-7(2-5-9)3-6-10/h10-11,19H,3-9,12-18H2,1-2H3,(H,23,24);8-10H,1-6H2/b11-10-;. The number of nitrogens with zero attached hydrogens (tertiary/aromatic N) is 1. The number of aliphatic carboxylic acids is 1. The summed E-state index contributed by atoms with van der Waals surface area (Å²) in [6.07, 6.45) is 19.7. The molecule has 8 nitrogen and oxygen atoms in total. The van der Waals surface area contributed by atoms with Crippen LogP contribution in [0, 0.1) is 0 Å². The second kappa shape index (κ2) is 28.8. The van der Waals surface area contributed by atoms with E-state index in [4.69, 9.17) is 25.2 Å². The Labute approximate surface area is 213 Å². The average Bonchev–Trinajstić information content (AvgIpc) is 2.82. The highest BCUT2D eigenvalue weighted by molar-refractivity contribution is 5.77. The van der Waals surface area contributed by atoms with Gasteiger partial charge < -0.3 is 25.2 Å². The number of unbranched alkanes of at least 4 members (excludes halogenated alkanes) is 11. The molecule has 0 radical (unpaired) electrons. The molecule has 208 valence electrons. The number of aliphatic hydroxyl groups excluding tert-OH is 3. The molecule has 0 amide bonds. The molecule has 0 fully saturated rings. The second-order valence-electron chi connectivity index (χ2n) is 8.82. The second-order valence-corrected chi connectivity index (χ2v) is 8.82. The zero-order valence-electron chi connectivity index (χ0n) is 22.3. The van der Waals surface area contributed by atoms with Gasteiger partial charge in [-0.1, -0.05) is 70.4 Å². The van der Waals surface area contributed by atoms with Crippen molar-refractivity contribution in [2.45, 2.75) is 110 Å². The fourth-order valence-electron chi connectivity index (χ4n) is 3.41. The molecule has 0 aliphatic carbocycles. The Morgan fingerprint density at radius 1 is 0.743 bits per heavy atom. The summed E-state index contributed by atoms with van der Waals surface area (Å²) in [6, 6.07) is 0. The van der Waals surface area contributed by atoms with Crippen molar-refractivity contribution < 1.29 is 34.8 Å². The minimum atomic E-state index is -1.10. The Kier molecular flexibility index (Phi) is 29.3. The van der Waals surface area contributed by atoms with Gasteiger partial charge >= 0.3 is 11.9 Å². The van der Waals surface area contributed by atoms with E-state index < -0.39 is 18.0 Å². The molecule has 0 heterocycles. The smallest absolute Gasteiger partial charge is 0.344 e. The van der Waals surface area contributed by atoms with Crippen LogP contribution in [0.15, 0.2) is 12.2 Å². The van der Waals surface area contributed by atoms with Gasteiger partial charge in [-0.2, -0.15) is 0 Å². The highest BCUT2D eigenvalue weighted by Crippen LogP contribution is 2.10. The fourth-order valence-corrected chi connectivity index (χ4v) is 3.41. The molecule has 0 aromatic carbocycles. The average molecular weight is 504 g/mol. The summed E-state index contributed by atoms with van der Waals surface area (Å²) in [4.78, 5) is 23.8. The number of carboxylic acid groups (broad SMARTS) is 1. The van der Waals surface area contributed by atoms with E-state index in [1.54, 1.807) is 4.90 Å². The summed E-state index contributed by atoms with van der Waals surface area (Å²) in [5.74, 6) is -1.51. The van der Waals surface area contributed by atoms with E-state index in [0.717, 1.165) is 25.7 Å². The molecule has 8 heteroatoms. The SMILES string of the molecule is CCCCCCCC/C=C\CCCCCCCC(=O)OC(C)C(=O)O.OCCN(CCO)CCO. The maximum atomic E-state index is 11.4. The quantitative estimate of drug-likeness (QED) is 0.0923. The van der Waals surface area contributed by atoms with Crippen LogP contribution in [0.2, 0.25) is 0 Å². The van der Waals surface area contributed by atoms with E-state index >= 15 is 0 Å². The predicted octanol–water partition coefficient (Wildman–Crippen LogP) is 4.31. The largest absolute Gasteiger partial charge is 0.479 e. The van der Waals surface area contributed by atoms with Gasteiger partial charge in [0, 0.05) is 26.1 Å². The summed E-state index contributed by atoms with van der Waals surface area (Å²) >= 11 is 0. The van der Waals surface area contributed by atoms with Crippen LogP contribution < -0.4 is 0 Å². The number of carbonyl (C=O) groups excluding carboxylic acids is 1. The zero-order valence-corrected chi connectivity index (χ0v) is 22.3. The lowest BCUT2D eigenvalue weighted by Crippen LogP contribution is -2.32. The summed E-state index contributed by atoms with van der Waals surface area (Å²) in [5, 5.41) is 34.1. The van der Waals surface area contributed by atoms with Crippen LogP contribution in [-0.4, -0.2) is 82.8 Å². The maximum Gasteiger partial charge on any atom is 0.344 e. The highest BCUT2D eigenvalue weighted by atomic mass is 16.6. The Bertz CT molecular complexity index is 486. The van der Waals surface area contributed by atoms with Crippen molar-refractivity contribution in [2.24, 2.45) is 0 Å². The molecular weight excluding hydrogens is 450 g/mol. The van der Waals surface area contributed by atoms with Crippen LogP contribution in [0.3, 0.4) is 0 Å². The van der Waals surface area contributed by atoms with E-state index in [1.807, 2.05) is 0 Å². The molecule has 0 saturated heterocycles. The van der Waals surface area contributed by atoms with Crippen LogP contribution in [0.25, 0.3) is 0 Å². The molecule has 35 heavy (non-hydrogen) atoms. The van der Waals surface area contributed by atoms with Gasteiger partial charge in [0.2, 0.25) is 0 Å². The molecule has 1 atom stereocenters. The van der Waals surface area contributed by atoms with Gasteiger partial charge in [0.15, 0.2) is 6.10 Å². The lowest BCUT2D eigenvalue weighted by molar-refractivity contribution is -0.162. The molecule has 1 unspecified atom stereocenters. The van der Waals surface area contributed by atoms with Gasteiger partial charge in [0.05, 0.1) is 19.8 Å². The number of hydrogen-bond acceptors (Lipinski definition) is 7. The van der Waals surface area contributed by atoms with Gasteiger partial charge in [0.25, 0.3) is 0 Å². The van der Waals surface area contributed by atoms with Crippen molar-refractivity contribution in [2.75, 3.05) is 39.5 Å². The maximum absolute atomic E-state index is 11.4. The number of ether oxygens (including phenoxy) is 1. The monoisotopic (exact) mass is 503 g/mol. The molecule has 0 saturated carbocycles. The third-order valence-electron chi connectivity index (χ3n) is 5.55. The minimum Gasteiger partial charge on any atom is -0.479 e. The van der Waals surface area contributed by atoms with Crippen molar-refractivity contribution >= 4 is 11.9 Å². The van der Waals surface area contributed by atoms with Crippen LogP contribution in [-0.2, 0) is 14.3 Å². The van der Waals surface area contributed by atoms with E-state index in [0.29, 0.717) is 26.1 Å². The van der Waals surface area contributed by atoms with Crippen molar-refractivity contribution in [3.8, 4) is 0 Å². The molecule has 0 aliphatic heterocycles. The fraction of sp³-hybridized carbons (Fsp3) is 0.852. The molecule has 0 aromatic rings. The van der Waals surface area contributed by atoms with E-state index in [1.165, 1.54) is 64.7 Å². The number of aliphatic hydroxyl groups is 3. The molecular formula is C27H53NO7. The number of carbonyl (C=O) groups is 2. The van der Waals surface area contributed by atoms with Gasteiger partial charge in [-0.3, -0.25) is 9.69 Å². The number of hydrogen-bond donors (Lipinski definition) is 4. The van der Waals surface area contributed by atoms with Crippen LogP contribution in [0.5, 0.6) is 0 Å². The highest BCUT2D eigenvalue weighted by Gasteiger charge is 2.15. The first kappa shape index (κ1) is 35.7. The number of esters is 1. The summed E-state index contributed by atoms with van der Waals surface area (Å²) in [5.41, 5.74) is 0. The normalized spacial score (nSPS) is 11.9. The van der Waals surface area contributed by atoms with Gasteiger partial charge in [-0.05, 0) is 39.0 Å². The topological polar surface area (TPSA) is 128 Å². The summed E-state index contributed by atoms with van der Waals surface area (Å²) < 4.78 is 4.78. The van der Waals surface area contributed by atoms with Gasteiger partial charge in [-0.25, -0.2) is 4.79 Å².